The number of hydrogen-bond donors (Lipinski definition) is 3. The second kappa shape index (κ2) is 11.8. The summed E-state index contributed by atoms with van der Waals surface area (Å²) in [7, 11) is 1.56. The lowest BCUT2D eigenvalue weighted by atomic mass is 10.2. The average Bonchev–Trinajstić information content (AvgIpc) is 2.48. The van der Waals surface area contributed by atoms with Gasteiger partial charge in [-0.2, -0.15) is 0 Å². The maximum Gasteiger partial charge on any atom is 0.257 e. The van der Waals surface area contributed by atoms with Crippen molar-refractivity contribution in [1.82, 2.24) is 16.0 Å². The Labute approximate surface area is 139 Å². The summed E-state index contributed by atoms with van der Waals surface area (Å²) < 4.78 is 31.5. The SMILES string of the molecule is COCCNCC(=O)NCCNC(=O)c1c(F)cccc1F.Cl. The summed E-state index contributed by atoms with van der Waals surface area (Å²) in [4.78, 5) is 23.0. The normalized spacial score (nSPS) is 9.87. The minimum Gasteiger partial charge on any atom is -0.383 e. The third kappa shape index (κ3) is 7.87. The first kappa shape index (κ1) is 21.2. The fraction of sp³-hybridized carbons (Fsp3) is 0.429. The van der Waals surface area contributed by atoms with E-state index in [1.54, 1.807) is 7.11 Å². The monoisotopic (exact) mass is 351 g/mol. The van der Waals surface area contributed by atoms with Gasteiger partial charge in [0.25, 0.3) is 5.91 Å². The van der Waals surface area contributed by atoms with Gasteiger partial charge in [-0.15, -0.1) is 12.4 Å². The molecule has 6 nitrogen and oxygen atoms in total. The maximum atomic E-state index is 13.4. The third-order valence-electron chi connectivity index (χ3n) is 2.69. The van der Waals surface area contributed by atoms with Crippen molar-refractivity contribution in [3.05, 3.63) is 35.4 Å². The van der Waals surface area contributed by atoms with Gasteiger partial charge in [0.05, 0.1) is 13.2 Å². The molecule has 0 radical (unpaired) electrons. The minimum atomic E-state index is -0.927. The lowest BCUT2D eigenvalue weighted by Gasteiger charge is -2.09. The molecular formula is C14H20ClF2N3O3. The van der Waals surface area contributed by atoms with Crippen molar-refractivity contribution >= 4 is 24.2 Å². The Morgan fingerprint density at radius 3 is 2.30 bits per heavy atom. The summed E-state index contributed by atoms with van der Waals surface area (Å²) in [5.41, 5.74) is -0.630. The van der Waals surface area contributed by atoms with Gasteiger partial charge in [-0.25, -0.2) is 8.78 Å². The van der Waals surface area contributed by atoms with Crippen LogP contribution in [0.3, 0.4) is 0 Å². The number of ether oxygens (including phenoxy) is 1. The van der Waals surface area contributed by atoms with E-state index in [2.05, 4.69) is 16.0 Å². The largest absolute Gasteiger partial charge is 0.383 e. The Balaban J connectivity index is 0.00000484. The van der Waals surface area contributed by atoms with Crippen molar-refractivity contribution in [2.75, 3.05) is 39.9 Å². The van der Waals surface area contributed by atoms with E-state index in [1.807, 2.05) is 0 Å². The van der Waals surface area contributed by atoms with Crippen molar-refractivity contribution in [3.8, 4) is 0 Å². The molecule has 1 aromatic carbocycles. The highest BCUT2D eigenvalue weighted by Crippen LogP contribution is 2.11. The molecule has 0 aliphatic carbocycles. The molecule has 0 saturated carbocycles. The molecule has 1 aromatic rings. The molecule has 0 saturated heterocycles. The molecule has 130 valence electrons. The molecule has 3 N–H and O–H groups in total. The van der Waals surface area contributed by atoms with E-state index >= 15 is 0 Å². The van der Waals surface area contributed by atoms with E-state index in [0.29, 0.717) is 13.2 Å². The first-order chi connectivity index (χ1) is 10.6. The van der Waals surface area contributed by atoms with Gasteiger partial charge in [0.15, 0.2) is 0 Å². The summed E-state index contributed by atoms with van der Waals surface area (Å²) in [5, 5.41) is 7.74. The molecular weight excluding hydrogens is 332 g/mol. The predicted molar refractivity (Wildman–Crippen MR) is 83.7 cm³/mol. The van der Waals surface area contributed by atoms with E-state index < -0.39 is 23.1 Å². The lowest BCUT2D eigenvalue weighted by Crippen LogP contribution is -2.39. The van der Waals surface area contributed by atoms with Crippen LogP contribution in [0.5, 0.6) is 0 Å². The summed E-state index contributed by atoms with van der Waals surface area (Å²) in [6.07, 6.45) is 0. The Hall–Kier alpha value is -1.77. The van der Waals surface area contributed by atoms with Gasteiger partial charge in [-0.05, 0) is 12.1 Å². The van der Waals surface area contributed by atoms with Crippen LogP contribution >= 0.6 is 12.4 Å². The van der Waals surface area contributed by atoms with Crippen LogP contribution in [-0.4, -0.2) is 51.7 Å². The van der Waals surface area contributed by atoms with Crippen molar-refractivity contribution in [1.29, 1.82) is 0 Å². The number of hydrogen-bond acceptors (Lipinski definition) is 4. The summed E-state index contributed by atoms with van der Waals surface area (Å²) >= 11 is 0. The number of carbonyl (C=O) groups excluding carboxylic acids is 2. The Bertz CT molecular complexity index is 498. The highest BCUT2D eigenvalue weighted by atomic mass is 35.5. The van der Waals surface area contributed by atoms with Crippen LogP contribution in [0.1, 0.15) is 10.4 Å². The van der Waals surface area contributed by atoms with Gasteiger partial charge >= 0.3 is 0 Å². The molecule has 0 fully saturated rings. The average molecular weight is 352 g/mol. The van der Waals surface area contributed by atoms with Gasteiger partial charge in [0, 0.05) is 26.7 Å². The number of halogens is 3. The van der Waals surface area contributed by atoms with Gasteiger partial charge in [0.1, 0.15) is 17.2 Å². The second-order valence-corrected chi connectivity index (χ2v) is 4.37. The molecule has 0 bridgehead atoms. The number of rotatable bonds is 9. The van der Waals surface area contributed by atoms with Crippen molar-refractivity contribution in [2.45, 2.75) is 0 Å². The van der Waals surface area contributed by atoms with Crippen LogP contribution in [0.2, 0.25) is 0 Å². The van der Waals surface area contributed by atoms with E-state index in [1.165, 1.54) is 6.07 Å². The smallest absolute Gasteiger partial charge is 0.257 e. The molecule has 0 aliphatic rings. The number of carbonyl (C=O) groups is 2. The quantitative estimate of drug-likeness (QED) is 0.565. The lowest BCUT2D eigenvalue weighted by molar-refractivity contribution is -0.120. The highest BCUT2D eigenvalue weighted by molar-refractivity contribution is 5.94. The fourth-order valence-electron chi connectivity index (χ4n) is 1.62. The van der Waals surface area contributed by atoms with Gasteiger partial charge in [-0.1, -0.05) is 6.07 Å². The molecule has 1 rings (SSSR count). The Morgan fingerprint density at radius 2 is 1.70 bits per heavy atom. The Morgan fingerprint density at radius 1 is 1.09 bits per heavy atom. The van der Waals surface area contributed by atoms with Crippen molar-refractivity contribution in [3.63, 3.8) is 0 Å². The zero-order valence-electron chi connectivity index (χ0n) is 12.7. The van der Waals surface area contributed by atoms with Crippen LogP contribution in [0, 0.1) is 11.6 Å². The predicted octanol–water partition coefficient (Wildman–Crippen LogP) is 0.469. The summed E-state index contributed by atoms with van der Waals surface area (Å²) in [6.45, 7) is 1.40. The van der Waals surface area contributed by atoms with E-state index in [-0.39, 0.29) is 37.9 Å². The number of amides is 2. The van der Waals surface area contributed by atoms with Gasteiger partial charge < -0.3 is 20.7 Å². The van der Waals surface area contributed by atoms with Crippen LogP contribution < -0.4 is 16.0 Å². The van der Waals surface area contributed by atoms with Gasteiger partial charge in [-0.3, -0.25) is 9.59 Å². The van der Waals surface area contributed by atoms with E-state index in [9.17, 15) is 18.4 Å². The molecule has 0 unspecified atom stereocenters. The van der Waals surface area contributed by atoms with Crippen LogP contribution in [0.15, 0.2) is 18.2 Å². The Kier molecular flexibility index (Phi) is 10.8. The first-order valence-corrected chi connectivity index (χ1v) is 6.74. The van der Waals surface area contributed by atoms with Crippen LogP contribution in [0.25, 0.3) is 0 Å². The number of nitrogens with one attached hydrogen (secondary N) is 3. The number of benzene rings is 1. The molecule has 0 aromatic heterocycles. The van der Waals surface area contributed by atoms with Crippen molar-refractivity contribution in [2.24, 2.45) is 0 Å². The molecule has 23 heavy (non-hydrogen) atoms. The topological polar surface area (TPSA) is 79.5 Å². The maximum absolute atomic E-state index is 13.4. The van der Waals surface area contributed by atoms with Gasteiger partial charge in [0.2, 0.25) is 5.91 Å². The summed E-state index contributed by atoms with van der Waals surface area (Å²) in [5.74, 6) is -2.96. The van der Waals surface area contributed by atoms with Crippen molar-refractivity contribution < 1.29 is 23.1 Å². The zero-order chi connectivity index (χ0) is 16.4. The van der Waals surface area contributed by atoms with E-state index in [0.717, 1.165) is 12.1 Å². The van der Waals surface area contributed by atoms with Crippen LogP contribution in [-0.2, 0) is 9.53 Å². The number of methoxy groups -OCH3 is 1. The standard InChI is InChI=1S/C14H19F2N3O3.ClH/c1-22-8-7-17-9-12(20)18-5-6-19-14(21)13-10(15)3-2-4-11(13)16;/h2-4,17H,5-9H2,1H3,(H,18,20)(H,19,21);1H. The highest BCUT2D eigenvalue weighted by Gasteiger charge is 2.16. The third-order valence-corrected chi connectivity index (χ3v) is 2.69. The fourth-order valence-corrected chi connectivity index (χ4v) is 1.62. The molecule has 0 spiro atoms. The molecule has 0 aliphatic heterocycles. The summed E-state index contributed by atoms with van der Waals surface area (Å²) in [6, 6.07) is 3.19. The second-order valence-electron chi connectivity index (χ2n) is 4.37. The molecule has 2 amide bonds. The van der Waals surface area contributed by atoms with Crippen LogP contribution in [0.4, 0.5) is 8.78 Å². The molecule has 9 heteroatoms. The first-order valence-electron chi connectivity index (χ1n) is 6.74. The molecule has 0 atom stereocenters. The molecule has 0 heterocycles. The minimum absolute atomic E-state index is 0. The van der Waals surface area contributed by atoms with E-state index in [4.69, 9.17) is 4.74 Å². The zero-order valence-corrected chi connectivity index (χ0v) is 13.5.